The van der Waals surface area contributed by atoms with Crippen LogP contribution in [0.25, 0.3) is 22.3 Å². The average molecular weight is 539 g/mol. The zero-order valence-electron chi connectivity index (χ0n) is 21.1. The van der Waals surface area contributed by atoms with Gasteiger partial charge in [0.25, 0.3) is 0 Å². The molecule has 3 fully saturated rings. The second-order valence-corrected chi connectivity index (χ2v) is 12.6. The number of aromatic nitrogens is 2. The first-order chi connectivity index (χ1) is 18.6. The summed E-state index contributed by atoms with van der Waals surface area (Å²) in [5.74, 6) is 2.19. The number of halogens is 1. The Morgan fingerprint density at radius 2 is 1.71 bits per heavy atom. The van der Waals surface area contributed by atoms with E-state index in [-0.39, 0.29) is 12.0 Å². The van der Waals surface area contributed by atoms with Crippen molar-refractivity contribution in [3.8, 4) is 11.3 Å². The summed E-state index contributed by atoms with van der Waals surface area (Å²) in [6, 6.07) is 25.2. The van der Waals surface area contributed by atoms with E-state index in [1.165, 1.54) is 11.1 Å². The average Bonchev–Trinajstić information content (AvgIpc) is 3.58. The van der Waals surface area contributed by atoms with Crippen LogP contribution >= 0.6 is 23.4 Å². The minimum Gasteiger partial charge on any atom is -0.305 e. The number of ketones is 1. The Labute approximate surface area is 231 Å². The lowest BCUT2D eigenvalue weighted by molar-refractivity contribution is -0.140. The van der Waals surface area contributed by atoms with Gasteiger partial charge in [-0.2, -0.15) is 0 Å². The van der Waals surface area contributed by atoms with Gasteiger partial charge in [-0.15, -0.1) is 11.8 Å². The number of benzene rings is 3. The van der Waals surface area contributed by atoms with E-state index in [2.05, 4.69) is 53.2 Å². The molecule has 3 aliphatic heterocycles. The van der Waals surface area contributed by atoms with Crippen LogP contribution in [0.5, 0.6) is 0 Å². The Kier molecular flexibility index (Phi) is 4.95. The number of hydrogen-bond donors (Lipinski definition) is 0. The normalized spacial score (nSPS) is 30.3. The molecule has 1 aromatic heterocycles. The van der Waals surface area contributed by atoms with E-state index in [4.69, 9.17) is 21.6 Å². The fraction of sp³-hybridized carbons (Fsp3) is 0.323. The molecule has 0 radical (unpaired) electrons. The molecule has 4 aliphatic rings. The number of thioether (sulfide) groups is 1. The van der Waals surface area contributed by atoms with Crippen molar-refractivity contribution in [1.82, 2.24) is 19.8 Å². The van der Waals surface area contributed by atoms with Gasteiger partial charge in [-0.3, -0.25) is 9.69 Å². The van der Waals surface area contributed by atoms with Gasteiger partial charge in [-0.25, -0.2) is 9.97 Å². The van der Waals surface area contributed by atoms with Gasteiger partial charge in [0.05, 0.1) is 27.8 Å². The molecule has 1 aliphatic carbocycles. The quantitative estimate of drug-likeness (QED) is 0.316. The van der Waals surface area contributed by atoms with E-state index in [0.717, 1.165) is 46.2 Å². The lowest BCUT2D eigenvalue weighted by atomic mass is 9.56. The summed E-state index contributed by atoms with van der Waals surface area (Å²) in [4.78, 5) is 30.4. The van der Waals surface area contributed by atoms with Gasteiger partial charge in [0.1, 0.15) is 11.3 Å². The maximum atomic E-state index is 14.8. The molecule has 0 amide bonds. The van der Waals surface area contributed by atoms with Gasteiger partial charge in [-0.05, 0) is 42.4 Å². The van der Waals surface area contributed by atoms with Crippen LogP contribution < -0.4 is 0 Å². The molecule has 7 heteroatoms. The van der Waals surface area contributed by atoms with E-state index in [1.807, 2.05) is 48.2 Å². The third-order valence-electron chi connectivity index (χ3n) is 9.36. The molecule has 190 valence electrons. The predicted octanol–water partition coefficient (Wildman–Crippen LogP) is 5.57. The number of likely N-dealkylation sites (tertiary alicyclic amines) is 1. The second-order valence-electron chi connectivity index (χ2n) is 11.1. The number of carbonyl (C=O) groups excluding carboxylic acids is 1. The molecular weight excluding hydrogens is 512 g/mol. The van der Waals surface area contributed by atoms with E-state index in [9.17, 15) is 4.79 Å². The zero-order valence-corrected chi connectivity index (χ0v) is 22.7. The van der Waals surface area contributed by atoms with Crippen molar-refractivity contribution in [3.63, 3.8) is 0 Å². The van der Waals surface area contributed by atoms with Gasteiger partial charge in [0.15, 0.2) is 0 Å². The summed E-state index contributed by atoms with van der Waals surface area (Å²) in [6.45, 7) is 1.46. The molecule has 8 rings (SSSR count). The minimum atomic E-state index is -0.710. The molecule has 4 heterocycles. The summed E-state index contributed by atoms with van der Waals surface area (Å²) in [7, 11) is 2.16. The third kappa shape index (κ3) is 2.74. The molecular formula is C31H27ClN4OS. The maximum Gasteiger partial charge on any atom is 0.144 e. The summed E-state index contributed by atoms with van der Waals surface area (Å²) in [6.07, 6.45) is 0.536. The van der Waals surface area contributed by atoms with Crippen molar-refractivity contribution < 1.29 is 4.79 Å². The second kappa shape index (κ2) is 8.12. The molecule has 2 spiro atoms. The Bertz CT molecular complexity index is 1630. The van der Waals surface area contributed by atoms with Crippen molar-refractivity contribution in [2.45, 2.75) is 23.9 Å². The van der Waals surface area contributed by atoms with Crippen LogP contribution in [0, 0.1) is 5.41 Å². The summed E-state index contributed by atoms with van der Waals surface area (Å²) >= 11 is 8.32. The van der Waals surface area contributed by atoms with E-state index in [0.29, 0.717) is 23.8 Å². The highest BCUT2D eigenvalue weighted by Gasteiger charge is 2.76. The van der Waals surface area contributed by atoms with Crippen LogP contribution in [0.15, 0.2) is 72.8 Å². The largest absolute Gasteiger partial charge is 0.305 e. The first-order valence-corrected chi connectivity index (χ1v) is 14.8. The molecule has 5 nitrogen and oxygen atoms in total. The van der Waals surface area contributed by atoms with Crippen LogP contribution in [-0.4, -0.2) is 63.4 Å². The monoisotopic (exact) mass is 538 g/mol. The Morgan fingerprint density at radius 1 is 0.974 bits per heavy atom. The molecule has 4 atom stereocenters. The molecule has 4 aromatic rings. The van der Waals surface area contributed by atoms with Crippen LogP contribution in [-0.2, 0) is 10.3 Å². The first kappa shape index (κ1) is 23.1. The highest BCUT2D eigenvalue weighted by Crippen LogP contribution is 2.71. The number of hydrogen-bond acceptors (Lipinski definition) is 6. The fourth-order valence-electron chi connectivity index (χ4n) is 8.08. The smallest absolute Gasteiger partial charge is 0.144 e. The van der Waals surface area contributed by atoms with Crippen molar-refractivity contribution in [1.29, 1.82) is 0 Å². The summed E-state index contributed by atoms with van der Waals surface area (Å²) in [5, 5.41) is 0.717. The van der Waals surface area contributed by atoms with Crippen molar-refractivity contribution in [2.75, 3.05) is 31.8 Å². The standard InChI is InChI=1S/C31H27ClN4OS/c1-35-15-14-26(37)30(17-35)27(19-10-12-20(32)13-11-19)25-16-38-18-36(25)31(30)22-7-3-2-6-21(22)28-29(31)34-24-9-5-4-8-23(24)33-28/h2-13,25,27H,14-18H2,1H3/t25-,27-,30+,31-/m0/s1. The molecule has 0 N–H and O–H groups in total. The number of piperidine rings is 1. The molecule has 0 bridgehead atoms. The van der Waals surface area contributed by atoms with Crippen LogP contribution in [0.2, 0.25) is 5.02 Å². The molecule has 3 aromatic carbocycles. The van der Waals surface area contributed by atoms with Gasteiger partial charge in [-0.1, -0.05) is 60.1 Å². The van der Waals surface area contributed by atoms with Crippen LogP contribution in [0.4, 0.5) is 0 Å². The number of nitrogens with zero attached hydrogens (tertiary/aromatic N) is 4. The summed E-state index contributed by atoms with van der Waals surface area (Å²) < 4.78 is 0. The SMILES string of the molecule is CN1CCC(=O)[C@]2(C1)[C@@H](c1ccc(Cl)cc1)[C@@H]1CSCN1[C@]21c2ccccc2-c2nc3ccccc3nc21. The number of rotatable bonds is 1. The molecule has 38 heavy (non-hydrogen) atoms. The fourth-order valence-corrected chi connectivity index (χ4v) is 9.50. The molecule has 0 saturated carbocycles. The van der Waals surface area contributed by atoms with E-state index >= 15 is 0 Å². The Balaban J connectivity index is 1.53. The number of carbonyl (C=O) groups is 1. The highest BCUT2D eigenvalue weighted by atomic mass is 35.5. The minimum absolute atomic E-state index is 0.0114. The molecule has 0 unspecified atom stereocenters. The van der Waals surface area contributed by atoms with E-state index < -0.39 is 11.0 Å². The van der Waals surface area contributed by atoms with Gasteiger partial charge in [0.2, 0.25) is 0 Å². The number of fused-ring (bicyclic) bond motifs is 9. The van der Waals surface area contributed by atoms with Crippen LogP contribution in [0.1, 0.15) is 29.2 Å². The summed E-state index contributed by atoms with van der Waals surface area (Å²) in [5.41, 5.74) is 5.70. The topological polar surface area (TPSA) is 49.3 Å². The Hall–Kier alpha value is -2.77. The first-order valence-electron chi connectivity index (χ1n) is 13.2. The number of Topliss-reactive ketones (excluding diaryl/α,β-unsaturated/α-hetero) is 1. The molecule has 3 saturated heterocycles. The number of para-hydroxylation sites is 2. The maximum absolute atomic E-state index is 14.8. The third-order valence-corrected chi connectivity index (χ3v) is 10.7. The van der Waals surface area contributed by atoms with Crippen LogP contribution in [0.3, 0.4) is 0 Å². The van der Waals surface area contributed by atoms with Crippen molar-refractivity contribution >= 4 is 40.2 Å². The highest BCUT2D eigenvalue weighted by molar-refractivity contribution is 7.99. The Morgan fingerprint density at radius 3 is 2.53 bits per heavy atom. The van der Waals surface area contributed by atoms with Gasteiger partial charge >= 0.3 is 0 Å². The lowest BCUT2D eigenvalue weighted by Gasteiger charge is -2.52. The van der Waals surface area contributed by atoms with Gasteiger partial charge < -0.3 is 4.90 Å². The van der Waals surface area contributed by atoms with Crippen molar-refractivity contribution in [3.05, 3.63) is 94.6 Å². The van der Waals surface area contributed by atoms with Gasteiger partial charge in [0, 0.05) is 53.7 Å². The van der Waals surface area contributed by atoms with Crippen molar-refractivity contribution in [2.24, 2.45) is 5.41 Å². The predicted molar refractivity (Wildman–Crippen MR) is 152 cm³/mol. The zero-order chi connectivity index (χ0) is 25.6. The lowest BCUT2D eigenvalue weighted by Crippen LogP contribution is -2.62. The van der Waals surface area contributed by atoms with E-state index in [1.54, 1.807) is 0 Å².